The summed E-state index contributed by atoms with van der Waals surface area (Å²) in [4.78, 5) is 29.0. The number of aliphatic hydroxyl groups is 1. The predicted octanol–water partition coefficient (Wildman–Crippen LogP) is 1.71. The summed E-state index contributed by atoms with van der Waals surface area (Å²) in [5, 5.41) is 8.59. The first-order valence-corrected chi connectivity index (χ1v) is 15.7. The summed E-state index contributed by atoms with van der Waals surface area (Å²) < 4.78 is 70.3. The maximum Gasteiger partial charge on any atom is 0.472 e. The Bertz CT molecular complexity index is 763. The third kappa shape index (κ3) is 14.7. The number of phosphoric ester groups is 3. The average Bonchev–Trinajstić information content (AvgIpc) is 3.07. The van der Waals surface area contributed by atoms with E-state index in [1.54, 1.807) is 0 Å². The van der Waals surface area contributed by atoms with E-state index in [1.807, 2.05) is 28.6 Å². The van der Waals surface area contributed by atoms with Gasteiger partial charge in [-0.15, -0.1) is 0 Å². The van der Waals surface area contributed by atoms with Crippen LogP contribution in [0.3, 0.4) is 0 Å². The van der Waals surface area contributed by atoms with Gasteiger partial charge in [-0.2, -0.15) is 0 Å². The molecule has 14 nitrogen and oxygen atoms in total. The fourth-order valence-electron chi connectivity index (χ4n) is 3.06. The summed E-state index contributed by atoms with van der Waals surface area (Å²) in [5.74, 6) is 0. The molecule has 1 rings (SSSR count). The van der Waals surface area contributed by atoms with Gasteiger partial charge in [-0.1, -0.05) is 20.8 Å². The molecule has 0 bridgehead atoms. The lowest BCUT2D eigenvalue weighted by atomic mass is 9.85. The maximum atomic E-state index is 12.3. The first-order valence-electron chi connectivity index (χ1n) is 11.2. The van der Waals surface area contributed by atoms with Crippen LogP contribution in [0.1, 0.15) is 46.5 Å². The molecular formula is C17H38BO14P3. The van der Waals surface area contributed by atoms with Crippen LogP contribution in [0.4, 0.5) is 0 Å². The summed E-state index contributed by atoms with van der Waals surface area (Å²) in [5.41, 5.74) is -0.302. The van der Waals surface area contributed by atoms with Crippen molar-refractivity contribution in [3.63, 3.8) is 0 Å². The van der Waals surface area contributed by atoms with Crippen LogP contribution in [-0.4, -0.2) is 85.5 Å². The van der Waals surface area contributed by atoms with Crippen molar-refractivity contribution in [2.75, 3.05) is 39.6 Å². The van der Waals surface area contributed by atoms with Gasteiger partial charge in [0.1, 0.15) is 7.85 Å². The van der Waals surface area contributed by atoms with Gasteiger partial charge in [-0.3, -0.25) is 27.1 Å². The molecule has 1 aliphatic heterocycles. The molecule has 6 atom stereocenters. The maximum absolute atomic E-state index is 12.3. The zero-order valence-electron chi connectivity index (χ0n) is 20.5. The van der Waals surface area contributed by atoms with Gasteiger partial charge in [-0.05, 0) is 31.1 Å². The highest BCUT2D eigenvalue weighted by molar-refractivity contribution is 7.47. The molecule has 0 aliphatic carbocycles. The van der Waals surface area contributed by atoms with Gasteiger partial charge < -0.3 is 24.5 Å². The van der Waals surface area contributed by atoms with Crippen LogP contribution in [0.15, 0.2) is 0 Å². The van der Waals surface area contributed by atoms with E-state index in [0.29, 0.717) is 6.42 Å². The van der Waals surface area contributed by atoms with Crippen molar-refractivity contribution >= 4 is 31.3 Å². The van der Waals surface area contributed by atoms with Gasteiger partial charge in [0.2, 0.25) is 0 Å². The Labute approximate surface area is 206 Å². The number of phosphoric acid groups is 3. The third-order valence-electron chi connectivity index (χ3n) is 4.55. The van der Waals surface area contributed by atoms with Crippen LogP contribution < -0.4 is 0 Å². The fraction of sp³-hybridized carbons (Fsp3) is 1.00. The summed E-state index contributed by atoms with van der Waals surface area (Å²) in [6, 6.07) is -0.124. The van der Waals surface area contributed by atoms with Gasteiger partial charge in [-0.25, -0.2) is 13.7 Å². The van der Waals surface area contributed by atoms with E-state index in [0.717, 1.165) is 0 Å². The number of ether oxygens (including phenoxy) is 1. The van der Waals surface area contributed by atoms with Gasteiger partial charge in [0.05, 0.1) is 45.2 Å². The molecule has 0 spiro atoms. The molecule has 1 saturated heterocycles. The highest BCUT2D eigenvalue weighted by atomic mass is 31.2. The lowest BCUT2D eigenvalue weighted by Crippen LogP contribution is -2.36. The predicted molar refractivity (Wildman–Crippen MR) is 126 cm³/mol. The highest BCUT2D eigenvalue weighted by Gasteiger charge is 2.44. The van der Waals surface area contributed by atoms with Crippen LogP contribution in [0.2, 0.25) is 0 Å². The minimum Gasteiger partial charge on any atom is -0.396 e. The molecule has 6 unspecified atom stereocenters. The van der Waals surface area contributed by atoms with Crippen LogP contribution in [0, 0.1) is 5.41 Å². The monoisotopic (exact) mass is 570 g/mol. The quantitative estimate of drug-likeness (QED) is 0.106. The number of hydrogen-bond acceptors (Lipinski definition) is 11. The highest BCUT2D eigenvalue weighted by Crippen LogP contribution is 2.49. The minimum absolute atomic E-state index is 0.00404. The van der Waals surface area contributed by atoms with E-state index >= 15 is 0 Å². The Morgan fingerprint density at radius 3 is 1.60 bits per heavy atom. The molecule has 0 radical (unpaired) electrons. The molecule has 0 aromatic rings. The van der Waals surface area contributed by atoms with Crippen molar-refractivity contribution in [1.82, 2.24) is 0 Å². The zero-order valence-corrected chi connectivity index (χ0v) is 23.2. The normalized spacial score (nSPS) is 26.2. The zero-order chi connectivity index (χ0) is 26.8. The van der Waals surface area contributed by atoms with Gasteiger partial charge in [0, 0.05) is 12.6 Å². The van der Waals surface area contributed by atoms with E-state index in [2.05, 4.69) is 9.05 Å². The Morgan fingerprint density at radius 1 is 0.800 bits per heavy atom. The molecule has 0 aromatic carbocycles. The molecule has 1 aliphatic rings. The van der Waals surface area contributed by atoms with Gasteiger partial charge in [0.25, 0.3) is 0 Å². The Morgan fingerprint density at radius 2 is 1.20 bits per heavy atom. The molecule has 0 saturated carbocycles. The molecule has 208 valence electrons. The van der Waals surface area contributed by atoms with Crippen molar-refractivity contribution in [1.29, 1.82) is 0 Å². The molecule has 1 fully saturated rings. The third-order valence-corrected chi connectivity index (χ3v) is 7.64. The van der Waals surface area contributed by atoms with Crippen LogP contribution in [-0.2, 0) is 45.6 Å². The summed E-state index contributed by atoms with van der Waals surface area (Å²) in [6.45, 7) is 4.29. The Balaban J connectivity index is 2.23. The van der Waals surface area contributed by atoms with Gasteiger partial charge >= 0.3 is 23.5 Å². The fourth-order valence-corrected chi connectivity index (χ4v) is 5.61. The smallest absolute Gasteiger partial charge is 0.396 e. The van der Waals surface area contributed by atoms with Crippen molar-refractivity contribution in [3.8, 4) is 0 Å². The van der Waals surface area contributed by atoms with E-state index in [-0.39, 0.29) is 76.4 Å². The molecule has 4 N–H and O–H groups in total. The van der Waals surface area contributed by atoms with Crippen molar-refractivity contribution < 1.29 is 65.4 Å². The van der Waals surface area contributed by atoms with E-state index in [4.69, 9.17) is 27.9 Å². The molecule has 35 heavy (non-hydrogen) atoms. The Kier molecular flexibility index (Phi) is 14.3. The largest absolute Gasteiger partial charge is 0.472 e. The van der Waals surface area contributed by atoms with Crippen LogP contribution in [0.25, 0.3) is 0 Å². The summed E-state index contributed by atoms with van der Waals surface area (Å²) in [6.07, 6.45) is -0.377. The van der Waals surface area contributed by atoms with Crippen molar-refractivity contribution in [2.45, 2.75) is 64.7 Å². The summed E-state index contributed by atoms with van der Waals surface area (Å²) in [7, 11) is -11.2. The second kappa shape index (κ2) is 15.0. The SMILES string of the molecule is BC1CC(OP(=O)(O)OCCCOP(=O)(O)OCCCOP(=O)(O)OCCCO)C(C(C)(C)C)O1. The van der Waals surface area contributed by atoms with Gasteiger partial charge in [0.15, 0.2) is 0 Å². The first-order chi connectivity index (χ1) is 16.1. The molecule has 0 aromatic heterocycles. The van der Waals surface area contributed by atoms with E-state index < -0.39 is 29.6 Å². The minimum atomic E-state index is -4.41. The van der Waals surface area contributed by atoms with Crippen molar-refractivity contribution in [2.24, 2.45) is 5.41 Å². The van der Waals surface area contributed by atoms with E-state index in [1.165, 1.54) is 0 Å². The number of aliphatic hydroxyl groups excluding tert-OH is 1. The second-order valence-corrected chi connectivity index (χ2v) is 13.3. The van der Waals surface area contributed by atoms with Crippen LogP contribution in [0.5, 0.6) is 0 Å². The summed E-state index contributed by atoms with van der Waals surface area (Å²) >= 11 is 0. The number of rotatable bonds is 18. The Hall–Kier alpha value is 0.315. The first kappa shape index (κ1) is 33.3. The molecule has 1 heterocycles. The molecule has 0 amide bonds. The number of hydrogen-bond donors (Lipinski definition) is 4. The topological polar surface area (TPSA) is 197 Å². The molecular weight excluding hydrogens is 532 g/mol. The van der Waals surface area contributed by atoms with E-state index in [9.17, 15) is 28.4 Å². The molecule has 18 heteroatoms. The standard InChI is InChI=1S/C17H38BO14P3/c1-17(2,3)16-14(13-15(18)31-16)32-35(24,25)30-12-6-11-29-34(22,23)28-10-5-9-27-33(20,21)26-8-4-7-19/h14-16,19H,4-13,18H2,1-3H3,(H,20,21)(H,22,23)(H,24,25). The van der Waals surface area contributed by atoms with Crippen molar-refractivity contribution in [3.05, 3.63) is 0 Å². The lowest BCUT2D eigenvalue weighted by molar-refractivity contribution is -0.0366. The lowest BCUT2D eigenvalue weighted by Gasteiger charge is -2.31. The second-order valence-electron chi connectivity index (χ2n) is 8.97. The average molecular weight is 570 g/mol. The van der Waals surface area contributed by atoms with Crippen LogP contribution >= 0.6 is 23.5 Å².